The van der Waals surface area contributed by atoms with Crippen LogP contribution in [0.5, 0.6) is 0 Å². The molecule has 2 saturated heterocycles. The first-order chi connectivity index (χ1) is 9.61. The summed E-state index contributed by atoms with van der Waals surface area (Å²) in [6.07, 6.45) is 2.27. The minimum absolute atomic E-state index is 0.188. The molecule has 1 atom stereocenters. The largest absolute Gasteiger partial charge is 0.468 e. The number of piperazine rings is 1. The molecule has 6 heteroatoms. The summed E-state index contributed by atoms with van der Waals surface area (Å²) in [7, 11) is 1.42. The van der Waals surface area contributed by atoms with Crippen molar-refractivity contribution in [2.24, 2.45) is 0 Å². The van der Waals surface area contributed by atoms with Gasteiger partial charge in [-0.15, -0.1) is 0 Å². The summed E-state index contributed by atoms with van der Waals surface area (Å²) in [6, 6.07) is -0.198. The van der Waals surface area contributed by atoms with Gasteiger partial charge in [0.05, 0.1) is 13.7 Å². The average Bonchev–Trinajstić information content (AvgIpc) is 3.01. The van der Waals surface area contributed by atoms with E-state index < -0.39 is 0 Å². The topological polar surface area (TPSA) is 53.1 Å². The van der Waals surface area contributed by atoms with Crippen molar-refractivity contribution in [3.8, 4) is 0 Å². The standard InChI is InChI=1S/C14H25N3O3/c1-12(14(19)20-2)16-9-7-15(8-10-16)11-13(18)17-5-3-4-6-17/h12H,3-11H2,1-2H3. The number of carbonyl (C=O) groups is 2. The van der Waals surface area contributed by atoms with Crippen molar-refractivity contribution in [2.75, 3.05) is 52.9 Å². The van der Waals surface area contributed by atoms with Gasteiger partial charge in [-0.3, -0.25) is 19.4 Å². The minimum atomic E-state index is -0.198. The molecular weight excluding hydrogens is 258 g/mol. The molecule has 0 N–H and O–H groups in total. The minimum Gasteiger partial charge on any atom is -0.468 e. The van der Waals surface area contributed by atoms with Gasteiger partial charge in [0, 0.05) is 39.3 Å². The van der Waals surface area contributed by atoms with E-state index in [0.717, 1.165) is 52.1 Å². The van der Waals surface area contributed by atoms with Crippen LogP contribution in [-0.2, 0) is 14.3 Å². The third kappa shape index (κ3) is 3.70. The van der Waals surface area contributed by atoms with Crippen LogP contribution in [0.3, 0.4) is 0 Å². The SMILES string of the molecule is COC(=O)C(C)N1CCN(CC(=O)N2CCCC2)CC1. The molecule has 0 saturated carbocycles. The first kappa shape index (κ1) is 15.3. The number of likely N-dealkylation sites (tertiary alicyclic amines) is 1. The van der Waals surface area contributed by atoms with E-state index in [2.05, 4.69) is 9.80 Å². The van der Waals surface area contributed by atoms with Gasteiger partial charge < -0.3 is 9.64 Å². The van der Waals surface area contributed by atoms with Gasteiger partial charge in [0.15, 0.2) is 0 Å². The summed E-state index contributed by atoms with van der Waals surface area (Å²) < 4.78 is 4.77. The van der Waals surface area contributed by atoms with Crippen LogP contribution in [0.15, 0.2) is 0 Å². The predicted octanol–water partition coefficient (Wildman–Crippen LogP) is -0.212. The van der Waals surface area contributed by atoms with Crippen LogP contribution in [0.2, 0.25) is 0 Å². The lowest BCUT2D eigenvalue weighted by Crippen LogP contribution is -2.53. The first-order valence-corrected chi connectivity index (χ1v) is 7.44. The van der Waals surface area contributed by atoms with E-state index in [4.69, 9.17) is 4.74 Å². The van der Waals surface area contributed by atoms with Gasteiger partial charge in [-0.25, -0.2) is 0 Å². The number of esters is 1. The smallest absolute Gasteiger partial charge is 0.322 e. The zero-order valence-electron chi connectivity index (χ0n) is 12.5. The van der Waals surface area contributed by atoms with Crippen molar-refractivity contribution in [1.29, 1.82) is 0 Å². The molecule has 114 valence electrons. The van der Waals surface area contributed by atoms with Crippen LogP contribution in [0.4, 0.5) is 0 Å². The van der Waals surface area contributed by atoms with E-state index in [1.54, 1.807) is 0 Å². The summed E-state index contributed by atoms with van der Waals surface area (Å²) in [6.45, 7) is 7.50. The number of methoxy groups -OCH3 is 1. The monoisotopic (exact) mass is 283 g/mol. The highest BCUT2D eigenvalue weighted by Gasteiger charge is 2.27. The average molecular weight is 283 g/mol. The molecule has 20 heavy (non-hydrogen) atoms. The van der Waals surface area contributed by atoms with Crippen molar-refractivity contribution < 1.29 is 14.3 Å². The Balaban J connectivity index is 1.73. The summed E-state index contributed by atoms with van der Waals surface area (Å²) >= 11 is 0. The molecule has 0 spiro atoms. The maximum Gasteiger partial charge on any atom is 0.322 e. The zero-order valence-corrected chi connectivity index (χ0v) is 12.5. The maximum absolute atomic E-state index is 12.1. The van der Waals surface area contributed by atoms with Crippen molar-refractivity contribution >= 4 is 11.9 Å². The van der Waals surface area contributed by atoms with Crippen LogP contribution in [0.25, 0.3) is 0 Å². The van der Waals surface area contributed by atoms with Gasteiger partial charge in [-0.2, -0.15) is 0 Å². The molecule has 0 aliphatic carbocycles. The molecule has 0 aromatic rings. The summed E-state index contributed by atoms with van der Waals surface area (Å²) in [5.74, 6) is 0.0589. The molecule has 6 nitrogen and oxygen atoms in total. The second-order valence-electron chi connectivity index (χ2n) is 5.60. The fourth-order valence-corrected chi connectivity index (χ4v) is 2.89. The highest BCUT2D eigenvalue weighted by atomic mass is 16.5. The quantitative estimate of drug-likeness (QED) is 0.668. The normalized spacial score (nSPS) is 22.8. The molecule has 2 heterocycles. The lowest BCUT2D eigenvalue weighted by molar-refractivity contribution is -0.147. The van der Waals surface area contributed by atoms with Gasteiger partial charge in [-0.05, 0) is 19.8 Å². The lowest BCUT2D eigenvalue weighted by atomic mass is 10.2. The Morgan fingerprint density at radius 2 is 1.65 bits per heavy atom. The molecule has 1 amide bonds. The highest BCUT2D eigenvalue weighted by molar-refractivity contribution is 5.78. The number of ether oxygens (including phenoxy) is 1. The van der Waals surface area contributed by atoms with Crippen molar-refractivity contribution in [3.63, 3.8) is 0 Å². The zero-order chi connectivity index (χ0) is 14.5. The molecule has 0 aromatic heterocycles. The number of rotatable bonds is 4. The summed E-state index contributed by atoms with van der Waals surface area (Å²) in [5.41, 5.74) is 0. The second-order valence-corrected chi connectivity index (χ2v) is 5.60. The number of carbonyl (C=O) groups excluding carboxylic acids is 2. The molecule has 0 radical (unpaired) electrons. The van der Waals surface area contributed by atoms with E-state index >= 15 is 0 Å². The number of amides is 1. The van der Waals surface area contributed by atoms with Crippen LogP contribution in [-0.4, -0.2) is 85.5 Å². The van der Waals surface area contributed by atoms with Gasteiger partial charge in [-0.1, -0.05) is 0 Å². The second kappa shape index (κ2) is 7.04. The van der Waals surface area contributed by atoms with E-state index in [-0.39, 0.29) is 17.9 Å². The summed E-state index contributed by atoms with van der Waals surface area (Å²) in [5, 5.41) is 0. The van der Waals surface area contributed by atoms with E-state index in [1.165, 1.54) is 7.11 Å². The fourth-order valence-electron chi connectivity index (χ4n) is 2.89. The van der Waals surface area contributed by atoms with Crippen LogP contribution >= 0.6 is 0 Å². The molecule has 0 bridgehead atoms. The number of hydrogen-bond donors (Lipinski definition) is 0. The molecule has 1 unspecified atom stereocenters. The van der Waals surface area contributed by atoms with E-state index in [1.807, 2.05) is 11.8 Å². The number of hydrogen-bond acceptors (Lipinski definition) is 5. The summed E-state index contributed by atoms with van der Waals surface area (Å²) in [4.78, 5) is 29.8. The van der Waals surface area contributed by atoms with Crippen molar-refractivity contribution in [2.45, 2.75) is 25.8 Å². The van der Waals surface area contributed by atoms with Gasteiger partial charge in [0.2, 0.25) is 5.91 Å². The maximum atomic E-state index is 12.1. The van der Waals surface area contributed by atoms with Crippen LogP contribution in [0.1, 0.15) is 19.8 Å². The Bertz CT molecular complexity index is 348. The Morgan fingerprint density at radius 1 is 1.05 bits per heavy atom. The Kier molecular flexibility index (Phi) is 5.37. The molecule has 2 rings (SSSR count). The number of nitrogens with zero attached hydrogens (tertiary/aromatic N) is 3. The molecular formula is C14H25N3O3. The molecule has 0 aromatic carbocycles. The van der Waals surface area contributed by atoms with Gasteiger partial charge in [0.1, 0.15) is 6.04 Å². The van der Waals surface area contributed by atoms with Gasteiger partial charge in [0.25, 0.3) is 0 Å². The van der Waals surface area contributed by atoms with E-state index in [9.17, 15) is 9.59 Å². The van der Waals surface area contributed by atoms with Crippen molar-refractivity contribution in [3.05, 3.63) is 0 Å². The van der Waals surface area contributed by atoms with Crippen LogP contribution in [0, 0.1) is 0 Å². The third-order valence-electron chi connectivity index (χ3n) is 4.31. The molecule has 2 aliphatic rings. The molecule has 2 aliphatic heterocycles. The fraction of sp³-hybridized carbons (Fsp3) is 0.857. The Morgan fingerprint density at radius 3 is 2.20 bits per heavy atom. The third-order valence-corrected chi connectivity index (χ3v) is 4.31. The van der Waals surface area contributed by atoms with Crippen LogP contribution < -0.4 is 0 Å². The van der Waals surface area contributed by atoms with Crippen molar-refractivity contribution in [1.82, 2.24) is 14.7 Å². The first-order valence-electron chi connectivity index (χ1n) is 7.44. The predicted molar refractivity (Wildman–Crippen MR) is 75.3 cm³/mol. The van der Waals surface area contributed by atoms with E-state index in [0.29, 0.717) is 6.54 Å². The Hall–Kier alpha value is -1.14. The van der Waals surface area contributed by atoms with Gasteiger partial charge >= 0.3 is 5.97 Å². The Labute approximate surface area is 120 Å². The highest BCUT2D eigenvalue weighted by Crippen LogP contribution is 2.11. The lowest BCUT2D eigenvalue weighted by Gasteiger charge is -2.37. The molecule has 2 fully saturated rings.